The zero-order chi connectivity index (χ0) is 18.3. The maximum Gasteiger partial charge on any atom is 0.416 e. The number of carbonyl (C=O) groups is 1. The first-order valence-corrected chi connectivity index (χ1v) is 8.86. The van der Waals surface area contributed by atoms with Gasteiger partial charge in [0.05, 0.1) is 16.4 Å². The van der Waals surface area contributed by atoms with Gasteiger partial charge in [0.1, 0.15) is 0 Å². The lowest BCUT2D eigenvalue weighted by atomic mass is 9.99. The van der Waals surface area contributed by atoms with Crippen LogP contribution in [0.5, 0.6) is 0 Å². The maximum absolute atomic E-state index is 12.9. The number of hydrogen-bond donors (Lipinski definition) is 1. The summed E-state index contributed by atoms with van der Waals surface area (Å²) in [6.07, 6.45) is -4.24. The number of aliphatic carboxylic acids is 1. The summed E-state index contributed by atoms with van der Waals surface area (Å²) in [6.45, 7) is 3.06. The summed E-state index contributed by atoms with van der Waals surface area (Å²) < 4.78 is 65.4. The number of carboxylic acid groups (broad SMARTS) is 1. The van der Waals surface area contributed by atoms with E-state index < -0.39 is 44.6 Å². The molecule has 0 radical (unpaired) electrons. The molecule has 1 heterocycles. The number of alkyl halides is 3. The number of benzene rings is 1. The zero-order valence-corrected chi connectivity index (χ0v) is 14.0. The van der Waals surface area contributed by atoms with E-state index in [4.69, 9.17) is 0 Å². The van der Waals surface area contributed by atoms with E-state index in [-0.39, 0.29) is 24.9 Å². The molecule has 5 nitrogen and oxygen atoms in total. The molecule has 2 atom stereocenters. The van der Waals surface area contributed by atoms with E-state index >= 15 is 0 Å². The third-order valence-electron chi connectivity index (χ3n) is 4.33. The Balaban J connectivity index is 2.50. The van der Waals surface area contributed by atoms with Crippen LogP contribution in [0.1, 0.15) is 30.9 Å². The van der Waals surface area contributed by atoms with Crippen molar-refractivity contribution in [3.05, 3.63) is 29.3 Å². The summed E-state index contributed by atoms with van der Waals surface area (Å²) in [7, 11) is -4.21. The largest absolute Gasteiger partial charge is 0.481 e. The van der Waals surface area contributed by atoms with Gasteiger partial charge in [0.15, 0.2) is 0 Å². The fraction of sp³-hybridized carbons (Fsp3) is 0.533. The summed E-state index contributed by atoms with van der Waals surface area (Å²) in [5.41, 5.74) is -0.856. The maximum atomic E-state index is 12.9. The third kappa shape index (κ3) is 3.27. The molecule has 2 unspecified atom stereocenters. The molecule has 0 amide bonds. The lowest BCUT2D eigenvalue weighted by Gasteiger charge is -2.26. The van der Waals surface area contributed by atoms with Crippen molar-refractivity contribution in [3.63, 3.8) is 0 Å². The highest BCUT2D eigenvalue weighted by Crippen LogP contribution is 2.36. The summed E-state index contributed by atoms with van der Waals surface area (Å²) in [5.74, 6) is -1.95. The second-order valence-electron chi connectivity index (χ2n) is 5.80. The van der Waals surface area contributed by atoms with E-state index in [1.807, 2.05) is 0 Å². The normalized spacial score (nSPS) is 22.7. The molecular formula is C15H18F3NO4S. The van der Waals surface area contributed by atoms with Crippen molar-refractivity contribution in [2.75, 3.05) is 6.54 Å². The lowest BCUT2D eigenvalue weighted by Crippen LogP contribution is -2.39. The van der Waals surface area contributed by atoms with Gasteiger partial charge in [0.25, 0.3) is 0 Å². The average Bonchev–Trinajstić information content (AvgIpc) is 2.90. The summed E-state index contributed by atoms with van der Waals surface area (Å²) in [4.78, 5) is 10.8. The summed E-state index contributed by atoms with van der Waals surface area (Å²) in [6, 6.07) is 1.80. The zero-order valence-electron chi connectivity index (χ0n) is 13.2. The Morgan fingerprint density at radius 3 is 2.50 bits per heavy atom. The van der Waals surface area contributed by atoms with Crippen LogP contribution >= 0.6 is 0 Å². The standard InChI is InChI=1S/C15H18F3NO4S/c1-3-12-11(14(20)21)6-7-19(12)24(22,23)13-8-10(15(16,17)18)5-4-9(13)2/h4-5,8,11-12H,3,6-7H2,1-2H3,(H,20,21). The molecule has 2 rings (SSSR count). The van der Waals surface area contributed by atoms with Crippen LogP contribution in [-0.4, -0.2) is 36.4 Å². The van der Waals surface area contributed by atoms with Crippen LogP contribution in [0.2, 0.25) is 0 Å². The molecule has 0 saturated carbocycles. The van der Waals surface area contributed by atoms with Crippen LogP contribution in [0.3, 0.4) is 0 Å². The quantitative estimate of drug-likeness (QED) is 0.890. The van der Waals surface area contributed by atoms with Crippen molar-refractivity contribution >= 4 is 16.0 Å². The topological polar surface area (TPSA) is 74.7 Å². The second-order valence-corrected chi connectivity index (χ2v) is 7.66. The van der Waals surface area contributed by atoms with Crippen molar-refractivity contribution in [1.29, 1.82) is 0 Å². The molecule has 0 bridgehead atoms. The van der Waals surface area contributed by atoms with E-state index in [2.05, 4.69) is 0 Å². The van der Waals surface area contributed by atoms with Crippen LogP contribution in [0.25, 0.3) is 0 Å². The Bertz CT molecular complexity index is 746. The van der Waals surface area contributed by atoms with Crippen LogP contribution in [0.15, 0.2) is 23.1 Å². The smallest absolute Gasteiger partial charge is 0.416 e. The number of aryl methyl sites for hydroxylation is 1. The molecule has 134 valence electrons. The number of halogens is 3. The second kappa shape index (κ2) is 6.36. The van der Waals surface area contributed by atoms with Gasteiger partial charge in [-0.05, 0) is 37.5 Å². The first-order chi connectivity index (χ1) is 11.0. The van der Waals surface area contributed by atoms with Crippen molar-refractivity contribution in [3.8, 4) is 0 Å². The number of nitrogens with zero attached hydrogens (tertiary/aromatic N) is 1. The Hall–Kier alpha value is -1.61. The molecule has 1 N–H and O–H groups in total. The number of rotatable bonds is 4. The first kappa shape index (κ1) is 18.7. The molecule has 1 aliphatic heterocycles. The first-order valence-electron chi connectivity index (χ1n) is 7.42. The highest BCUT2D eigenvalue weighted by atomic mass is 32.2. The predicted molar refractivity (Wildman–Crippen MR) is 79.9 cm³/mol. The van der Waals surface area contributed by atoms with E-state index in [1.54, 1.807) is 6.92 Å². The lowest BCUT2D eigenvalue weighted by molar-refractivity contribution is -0.142. The highest BCUT2D eigenvalue weighted by Gasteiger charge is 2.44. The van der Waals surface area contributed by atoms with Gasteiger partial charge in [0, 0.05) is 12.6 Å². The average molecular weight is 365 g/mol. The van der Waals surface area contributed by atoms with E-state index in [9.17, 15) is 31.5 Å². The molecular weight excluding hydrogens is 347 g/mol. The van der Waals surface area contributed by atoms with Gasteiger partial charge in [0.2, 0.25) is 10.0 Å². The Kier molecular flexibility index (Phi) is 4.96. The van der Waals surface area contributed by atoms with Crippen LogP contribution in [-0.2, 0) is 21.0 Å². The van der Waals surface area contributed by atoms with Gasteiger partial charge >= 0.3 is 12.1 Å². The Morgan fingerprint density at radius 1 is 1.38 bits per heavy atom. The molecule has 1 aromatic rings. The van der Waals surface area contributed by atoms with E-state index in [0.717, 1.165) is 16.4 Å². The van der Waals surface area contributed by atoms with Gasteiger partial charge in [-0.3, -0.25) is 4.79 Å². The van der Waals surface area contributed by atoms with Crippen LogP contribution in [0, 0.1) is 12.8 Å². The molecule has 9 heteroatoms. The minimum absolute atomic E-state index is 0.0203. The third-order valence-corrected chi connectivity index (χ3v) is 6.40. The highest BCUT2D eigenvalue weighted by molar-refractivity contribution is 7.89. The molecule has 0 aliphatic carbocycles. The fourth-order valence-electron chi connectivity index (χ4n) is 3.08. The minimum Gasteiger partial charge on any atom is -0.481 e. The minimum atomic E-state index is -4.66. The molecule has 1 aliphatic rings. The monoisotopic (exact) mass is 365 g/mol. The van der Waals surface area contributed by atoms with Crippen molar-refractivity contribution in [1.82, 2.24) is 4.31 Å². The fourth-order valence-corrected chi connectivity index (χ4v) is 5.08. The molecule has 0 aromatic heterocycles. The van der Waals surface area contributed by atoms with Gasteiger partial charge < -0.3 is 5.11 Å². The van der Waals surface area contributed by atoms with Gasteiger partial charge in [-0.1, -0.05) is 13.0 Å². The van der Waals surface area contributed by atoms with Crippen molar-refractivity contribution in [2.24, 2.45) is 5.92 Å². The predicted octanol–water partition coefficient (Wildman–Crippen LogP) is 2.89. The number of hydrogen-bond acceptors (Lipinski definition) is 3. The van der Waals surface area contributed by atoms with E-state index in [1.165, 1.54) is 6.92 Å². The molecule has 0 spiro atoms. The molecule has 24 heavy (non-hydrogen) atoms. The van der Waals surface area contributed by atoms with Crippen LogP contribution in [0.4, 0.5) is 13.2 Å². The summed E-state index contributed by atoms with van der Waals surface area (Å²) in [5, 5.41) is 9.20. The number of carboxylic acids is 1. The van der Waals surface area contributed by atoms with Crippen molar-refractivity contribution < 1.29 is 31.5 Å². The van der Waals surface area contributed by atoms with Crippen molar-refractivity contribution in [2.45, 2.75) is 43.8 Å². The SMILES string of the molecule is CCC1C(C(=O)O)CCN1S(=O)(=O)c1cc(C(F)(F)F)ccc1C. The molecule has 1 saturated heterocycles. The molecule has 1 aromatic carbocycles. The van der Waals surface area contributed by atoms with Gasteiger partial charge in [-0.15, -0.1) is 0 Å². The Morgan fingerprint density at radius 2 is 2.00 bits per heavy atom. The summed E-state index contributed by atoms with van der Waals surface area (Å²) >= 11 is 0. The van der Waals surface area contributed by atoms with Crippen LogP contribution < -0.4 is 0 Å². The van der Waals surface area contributed by atoms with Gasteiger partial charge in [-0.25, -0.2) is 8.42 Å². The van der Waals surface area contributed by atoms with Gasteiger partial charge in [-0.2, -0.15) is 17.5 Å². The molecule has 1 fully saturated rings. The number of sulfonamides is 1. The van der Waals surface area contributed by atoms with E-state index in [0.29, 0.717) is 6.07 Å². The Labute approximate surface area is 138 Å².